The third-order valence-corrected chi connectivity index (χ3v) is 4.29. The number of amides is 1. The summed E-state index contributed by atoms with van der Waals surface area (Å²) in [5.41, 5.74) is 0.646. The second-order valence-corrected chi connectivity index (χ2v) is 6.06. The van der Waals surface area contributed by atoms with Crippen molar-refractivity contribution in [2.45, 2.75) is 25.8 Å². The Bertz CT molecular complexity index is 461. The van der Waals surface area contributed by atoms with Crippen LogP contribution in [0.1, 0.15) is 30.1 Å². The molecule has 0 spiro atoms. The van der Waals surface area contributed by atoms with Crippen LogP contribution in [-0.2, 0) is 0 Å². The highest BCUT2D eigenvalue weighted by Gasteiger charge is 2.27. The van der Waals surface area contributed by atoms with Crippen molar-refractivity contribution in [3.05, 3.63) is 33.3 Å². The molecular formula is C14H18BrClN2O. The van der Waals surface area contributed by atoms with E-state index in [2.05, 4.69) is 28.2 Å². The van der Waals surface area contributed by atoms with Crippen LogP contribution in [0.3, 0.4) is 0 Å². The van der Waals surface area contributed by atoms with E-state index in [9.17, 15) is 4.79 Å². The maximum absolute atomic E-state index is 12.7. The van der Waals surface area contributed by atoms with Crippen molar-refractivity contribution >= 4 is 33.4 Å². The highest BCUT2D eigenvalue weighted by atomic mass is 79.9. The SMILES string of the molecule is CCCN(C(=O)c1cc(Cl)ccc1Br)C1CCNC1. The van der Waals surface area contributed by atoms with Gasteiger partial charge in [0.2, 0.25) is 0 Å². The van der Waals surface area contributed by atoms with Gasteiger partial charge in [-0.05, 0) is 53.5 Å². The van der Waals surface area contributed by atoms with E-state index in [1.54, 1.807) is 12.1 Å². The van der Waals surface area contributed by atoms with Gasteiger partial charge in [-0.15, -0.1) is 0 Å². The fourth-order valence-corrected chi connectivity index (χ4v) is 3.00. The molecule has 3 nitrogen and oxygen atoms in total. The molecule has 1 aliphatic rings. The molecule has 1 heterocycles. The van der Waals surface area contributed by atoms with Crippen LogP contribution in [0.2, 0.25) is 5.02 Å². The first-order chi connectivity index (χ1) is 9.13. The molecule has 1 N–H and O–H groups in total. The van der Waals surface area contributed by atoms with Crippen LogP contribution in [0.15, 0.2) is 22.7 Å². The zero-order valence-electron chi connectivity index (χ0n) is 11.0. The van der Waals surface area contributed by atoms with Crippen LogP contribution >= 0.6 is 27.5 Å². The summed E-state index contributed by atoms with van der Waals surface area (Å²) >= 11 is 9.44. The number of nitrogens with zero attached hydrogens (tertiary/aromatic N) is 1. The third-order valence-electron chi connectivity index (χ3n) is 3.36. The Morgan fingerprint density at radius 1 is 1.58 bits per heavy atom. The lowest BCUT2D eigenvalue weighted by molar-refractivity contribution is 0.0691. The Hall–Kier alpha value is -0.580. The van der Waals surface area contributed by atoms with Gasteiger partial charge in [0.15, 0.2) is 0 Å². The number of rotatable bonds is 4. The molecule has 1 amide bonds. The molecule has 0 radical (unpaired) electrons. The highest BCUT2D eigenvalue weighted by Crippen LogP contribution is 2.24. The summed E-state index contributed by atoms with van der Waals surface area (Å²) in [5, 5.41) is 3.90. The Morgan fingerprint density at radius 2 is 2.37 bits per heavy atom. The van der Waals surface area contributed by atoms with Crippen molar-refractivity contribution in [1.29, 1.82) is 0 Å². The predicted octanol–water partition coefficient (Wildman–Crippen LogP) is 3.32. The van der Waals surface area contributed by atoms with Gasteiger partial charge in [0.25, 0.3) is 5.91 Å². The monoisotopic (exact) mass is 344 g/mol. The van der Waals surface area contributed by atoms with Gasteiger partial charge in [-0.2, -0.15) is 0 Å². The Labute approximate surface area is 127 Å². The maximum Gasteiger partial charge on any atom is 0.255 e. The summed E-state index contributed by atoms with van der Waals surface area (Å²) in [7, 11) is 0. The van der Waals surface area contributed by atoms with Gasteiger partial charge in [0.05, 0.1) is 5.56 Å². The van der Waals surface area contributed by atoms with Crippen LogP contribution in [0.25, 0.3) is 0 Å². The summed E-state index contributed by atoms with van der Waals surface area (Å²) in [6.45, 7) is 4.73. The number of carbonyl (C=O) groups is 1. The molecular weight excluding hydrogens is 328 g/mol. The molecule has 0 saturated carbocycles. The van der Waals surface area contributed by atoms with Gasteiger partial charge in [-0.25, -0.2) is 0 Å². The molecule has 2 rings (SSSR count). The minimum atomic E-state index is 0.0601. The summed E-state index contributed by atoms with van der Waals surface area (Å²) in [6, 6.07) is 5.63. The quantitative estimate of drug-likeness (QED) is 0.908. The minimum Gasteiger partial charge on any atom is -0.334 e. The Kier molecular flexibility index (Phi) is 5.25. The standard InChI is InChI=1S/C14H18BrClN2O/c1-2-7-18(11-5-6-17-9-11)14(19)12-8-10(16)3-4-13(12)15/h3-4,8,11,17H,2,5-7,9H2,1H3. The number of halogens is 2. The van der Waals surface area contributed by atoms with E-state index in [1.807, 2.05) is 11.0 Å². The second kappa shape index (κ2) is 6.73. The van der Waals surface area contributed by atoms with E-state index in [1.165, 1.54) is 0 Å². The first kappa shape index (κ1) is 14.8. The molecule has 104 valence electrons. The van der Waals surface area contributed by atoms with E-state index < -0.39 is 0 Å². The molecule has 5 heteroatoms. The number of hydrogen-bond donors (Lipinski definition) is 1. The molecule has 1 fully saturated rings. The largest absolute Gasteiger partial charge is 0.334 e. The van der Waals surface area contributed by atoms with Gasteiger partial charge < -0.3 is 10.2 Å². The minimum absolute atomic E-state index is 0.0601. The molecule has 1 unspecified atom stereocenters. The molecule has 1 aromatic carbocycles. The topological polar surface area (TPSA) is 32.3 Å². The molecule has 1 aliphatic heterocycles. The lowest BCUT2D eigenvalue weighted by Crippen LogP contribution is -2.42. The van der Waals surface area contributed by atoms with Crippen LogP contribution < -0.4 is 5.32 Å². The third kappa shape index (κ3) is 3.50. The average Bonchev–Trinajstić information content (AvgIpc) is 2.92. The first-order valence-electron chi connectivity index (χ1n) is 6.60. The normalized spacial score (nSPS) is 18.6. The van der Waals surface area contributed by atoms with Crippen LogP contribution in [0, 0.1) is 0 Å². The van der Waals surface area contributed by atoms with Crippen molar-refractivity contribution in [1.82, 2.24) is 10.2 Å². The van der Waals surface area contributed by atoms with Crippen molar-refractivity contribution < 1.29 is 4.79 Å². The number of nitrogens with one attached hydrogen (secondary N) is 1. The zero-order chi connectivity index (χ0) is 13.8. The Morgan fingerprint density at radius 3 is 3.00 bits per heavy atom. The lowest BCUT2D eigenvalue weighted by Gasteiger charge is -2.28. The van der Waals surface area contributed by atoms with Gasteiger partial charge in [0.1, 0.15) is 0 Å². The fraction of sp³-hybridized carbons (Fsp3) is 0.500. The molecule has 0 bridgehead atoms. The van der Waals surface area contributed by atoms with Gasteiger partial charge in [-0.1, -0.05) is 18.5 Å². The molecule has 1 saturated heterocycles. The number of carbonyl (C=O) groups excluding carboxylic acids is 1. The van der Waals surface area contributed by atoms with E-state index in [4.69, 9.17) is 11.6 Å². The van der Waals surface area contributed by atoms with Crippen molar-refractivity contribution in [2.24, 2.45) is 0 Å². The van der Waals surface area contributed by atoms with E-state index >= 15 is 0 Å². The van der Waals surface area contributed by atoms with Crippen LogP contribution in [0.5, 0.6) is 0 Å². The maximum atomic E-state index is 12.7. The summed E-state index contributed by atoms with van der Waals surface area (Å²) < 4.78 is 0.800. The smallest absolute Gasteiger partial charge is 0.255 e. The van der Waals surface area contributed by atoms with Gasteiger partial charge in [0, 0.05) is 28.6 Å². The van der Waals surface area contributed by atoms with Crippen molar-refractivity contribution in [2.75, 3.05) is 19.6 Å². The molecule has 0 aliphatic carbocycles. The summed E-state index contributed by atoms with van der Waals surface area (Å²) in [5.74, 6) is 0.0601. The van der Waals surface area contributed by atoms with E-state index in [0.29, 0.717) is 16.6 Å². The van der Waals surface area contributed by atoms with E-state index in [0.717, 1.165) is 36.9 Å². The number of benzene rings is 1. The molecule has 19 heavy (non-hydrogen) atoms. The Balaban J connectivity index is 2.25. The van der Waals surface area contributed by atoms with Crippen molar-refractivity contribution in [3.63, 3.8) is 0 Å². The first-order valence-corrected chi connectivity index (χ1v) is 7.77. The second-order valence-electron chi connectivity index (χ2n) is 4.77. The molecule has 1 atom stereocenters. The lowest BCUT2D eigenvalue weighted by atomic mass is 10.1. The summed E-state index contributed by atoms with van der Waals surface area (Å²) in [6.07, 6.45) is 1.98. The van der Waals surface area contributed by atoms with Gasteiger partial charge in [-0.3, -0.25) is 4.79 Å². The summed E-state index contributed by atoms with van der Waals surface area (Å²) in [4.78, 5) is 14.7. The molecule has 1 aromatic rings. The van der Waals surface area contributed by atoms with Crippen LogP contribution in [0.4, 0.5) is 0 Å². The number of hydrogen-bond acceptors (Lipinski definition) is 2. The highest BCUT2D eigenvalue weighted by molar-refractivity contribution is 9.10. The van der Waals surface area contributed by atoms with E-state index in [-0.39, 0.29) is 5.91 Å². The van der Waals surface area contributed by atoms with Gasteiger partial charge >= 0.3 is 0 Å². The zero-order valence-corrected chi connectivity index (χ0v) is 13.3. The fourth-order valence-electron chi connectivity index (χ4n) is 2.41. The van der Waals surface area contributed by atoms with Crippen LogP contribution in [-0.4, -0.2) is 36.5 Å². The predicted molar refractivity (Wildman–Crippen MR) is 81.8 cm³/mol. The molecule has 0 aromatic heterocycles. The van der Waals surface area contributed by atoms with Crippen molar-refractivity contribution in [3.8, 4) is 0 Å². The average molecular weight is 346 g/mol.